The van der Waals surface area contributed by atoms with Crippen molar-refractivity contribution in [2.24, 2.45) is 0 Å². The number of aromatic nitrogens is 1. The molecule has 2 aromatic carbocycles. The fraction of sp³-hybridized carbons (Fsp3) is 0.227. The second-order valence-electron chi connectivity index (χ2n) is 6.25. The number of ether oxygens (including phenoxy) is 1. The molecule has 1 heterocycles. The maximum absolute atomic E-state index is 9.79. The SMILES string of the molecule is CCCC(Nc1cncc(-c2ccc(O)c(OC)c2)c1)c1ccccc1. The topological polar surface area (TPSA) is 54.4 Å². The summed E-state index contributed by atoms with van der Waals surface area (Å²) in [6.45, 7) is 2.19. The van der Waals surface area contributed by atoms with Crippen LogP contribution in [0.25, 0.3) is 11.1 Å². The molecule has 0 aliphatic heterocycles. The summed E-state index contributed by atoms with van der Waals surface area (Å²) >= 11 is 0. The first-order valence-electron chi connectivity index (χ1n) is 8.85. The third-order valence-corrected chi connectivity index (χ3v) is 4.37. The number of aromatic hydroxyl groups is 1. The van der Waals surface area contributed by atoms with Gasteiger partial charge in [-0.15, -0.1) is 0 Å². The molecule has 0 radical (unpaired) electrons. The van der Waals surface area contributed by atoms with E-state index in [1.165, 1.54) is 5.56 Å². The molecular weight excluding hydrogens is 324 g/mol. The summed E-state index contributed by atoms with van der Waals surface area (Å²) in [4.78, 5) is 4.38. The number of nitrogens with zero attached hydrogens (tertiary/aromatic N) is 1. The van der Waals surface area contributed by atoms with Gasteiger partial charge in [-0.1, -0.05) is 49.7 Å². The summed E-state index contributed by atoms with van der Waals surface area (Å²) in [5.41, 5.74) is 4.15. The number of rotatable bonds is 7. The van der Waals surface area contributed by atoms with E-state index >= 15 is 0 Å². The van der Waals surface area contributed by atoms with Gasteiger partial charge in [0.1, 0.15) is 0 Å². The van der Waals surface area contributed by atoms with E-state index in [2.05, 4.69) is 47.6 Å². The van der Waals surface area contributed by atoms with Crippen LogP contribution in [0.2, 0.25) is 0 Å². The smallest absolute Gasteiger partial charge is 0.161 e. The molecule has 3 rings (SSSR count). The van der Waals surface area contributed by atoms with Crippen LogP contribution in [-0.2, 0) is 0 Å². The monoisotopic (exact) mass is 348 g/mol. The lowest BCUT2D eigenvalue weighted by Gasteiger charge is -2.20. The van der Waals surface area contributed by atoms with Crippen LogP contribution in [0.1, 0.15) is 31.4 Å². The van der Waals surface area contributed by atoms with Crippen molar-refractivity contribution >= 4 is 5.69 Å². The molecule has 2 N–H and O–H groups in total. The summed E-state index contributed by atoms with van der Waals surface area (Å²) in [6.07, 6.45) is 5.79. The van der Waals surface area contributed by atoms with Crippen LogP contribution in [0, 0.1) is 0 Å². The quantitative estimate of drug-likeness (QED) is 0.599. The summed E-state index contributed by atoms with van der Waals surface area (Å²) in [5, 5.41) is 13.4. The minimum Gasteiger partial charge on any atom is -0.504 e. The Balaban J connectivity index is 1.86. The predicted octanol–water partition coefficient (Wildman–Crippen LogP) is 5.42. The molecular formula is C22H24N2O2. The van der Waals surface area contributed by atoms with Crippen molar-refractivity contribution in [2.45, 2.75) is 25.8 Å². The van der Waals surface area contributed by atoms with Gasteiger partial charge < -0.3 is 15.2 Å². The largest absolute Gasteiger partial charge is 0.504 e. The van der Waals surface area contributed by atoms with Crippen molar-refractivity contribution in [1.82, 2.24) is 4.98 Å². The van der Waals surface area contributed by atoms with E-state index in [0.29, 0.717) is 5.75 Å². The fourth-order valence-electron chi connectivity index (χ4n) is 3.03. The number of nitrogens with one attached hydrogen (secondary N) is 1. The van der Waals surface area contributed by atoms with Crippen LogP contribution in [0.5, 0.6) is 11.5 Å². The highest BCUT2D eigenvalue weighted by atomic mass is 16.5. The van der Waals surface area contributed by atoms with E-state index in [1.807, 2.05) is 30.6 Å². The van der Waals surface area contributed by atoms with Gasteiger partial charge in [0.2, 0.25) is 0 Å². The zero-order chi connectivity index (χ0) is 18.4. The molecule has 0 bridgehead atoms. The molecule has 4 heteroatoms. The Hall–Kier alpha value is -3.01. The van der Waals surface area contributed by atoms with E-state index in [1.54, 1.807) is 13.2 Å². The molecule has 0 spiro atoms. The molecule has 0 aliphatic rings. The molecule has 0 fully saturated rings. The zero-order valence-corrected chi connectivity index (χ0v) is 15.1. The van der Waals surface area contributed by atoms with Crippen molar-refractivity contribution < 1.29 is 9.84 Å². The summed E-state index contributed by atoms with van der Waals surface area (Å²) in [5.74, 6) is 0.583. The lowest BCUT2D eigenvalue weighted by Crippen LogP contribution is -2.10. The van der Waals surface area contributed by atoms with Crippen LogP contribution in [0.15, 0.2) is 67.0 Å². The van der Waals surface area contributed by atoms with Crippen molar-refractivity contribution in [3.8, 4) is 22.6 Å². The van der Waals surface area contributed by atoms with E-state index in [-0.39, 0.29) is 11.8 Å². The lowest BCUT2D eigenvalue weighted by atomic mass is 10.0. The normalized spacial score (nSPS) is 11.8. The highest BCUT2D eigenvalue weighted by Crippen LogP contribution is 2.32. The van der Waals surface area contributed by atoms with E-state index in [0.717, 1.165) is 29.7 Å². The van der Waals surface area contributed by atoms with E-state index in [9.17, 15) is 5.11 Å². The molecule has 26 heavy (non-hydrogen) atoms. The average Bonchev–Trinajstić information content (AvgIpc) is 2.69. The number of phenols is 1. The molecule has 0 amide bonds. The first-order chi connectivity index (χ1) is 12.7. The zero-order valence-electron chi connectivity index (χ0n) is 15.1. The number of methoxy groups -OCH3 is 1. The average molecular weight is 348 g/mol. The Morgan fingerprint density at radius 2 is 1.85 bits per heavy atom. The minimum atomic E-state index is 0.130. The molecule has 0 aliphatic carbocycles. The second-order valence-corrected chi connectivity index (χ2v) is 6.25. The Kier molecular flexibility index (Phi) is 5.74. The molecule has 3 aromatic rings. The van der Waals surface area contributed by atoms with Crippen molar-refractivity contribution in [1.29, 1.82) is 0 Å². The highest BCUT2D eigenvalue weighted by Gasteiger charge is 2.11. The van der Waals surface area contributed by atoms with Gasteiger partial charge in [-0.25, -0.2) is 0 Å². The maximum atomic E-state index is 9.79. The summed E-state index contributed by atoms with van der Waals surface area (Å²) in [7, 11) is 1.55. The van der Waals surface area contributed by atoms with Crippen LogP contribution < -0.4 is 10.1 Å². The molecule has 1 atom stereocenters. The second kappa shape index (κ2) is 8.39. The van der Waals surface area contributed by atoms with Gasteiger partial charge in [0.25, 0.3) is 0 Å². The molecule has 0 saturated heterocycles. The lowest BCUT2D eigenvalue weighted by molar-refractivity contribution is 0.373. The van der Waals surface area contributed by atoms with Crippen LogP contribution in [0.4, 0.5) is 5.69 Å². The van der Waals surface area contributed by atoms with Crippen LogP contribution in [-0.4, -0.2) is 17.2 Å². The first kappa shape index (κ1) is 17.8. The Morgan fingerprint density at radius 3 is 2.58 bits per heavy atom. The minimum absolute atomic E-state index is 0.130. The number of pyridine rings is 1. The van der Waals surface area contributed by atoms with E-state index in [4.69, 9.17) is 4.74 Å². The van der Waals surface area contributed by atoms with Crippen molar-refractivity contribution in [3.63, 3.8) is 0 Å². The van der Waals surface area contributed by atoms with Gasteiger partial charge in [-0.3, -0.25) is 4.98 Å². The van der Waals surface area contributed by atoms with Gasteiger partial charge >= 0.3 is 0 Å². The molecule has 0 saturated carbocycles. The van der Waals surface area contributed by atoms with Crippen molar-refractivity contribution in [2.75, 3.05) is 12.4 Å². The first-order valence-corrected chi connectivity index (χ1v) is 8.85. The van der Waals surface area contributed by atoms with Gasteiger partial charge in [0.05, 0.1) is 18.8 Å². The van der Waals surface area contributed by atoms with E-state index < -0.39 is 0 Å². The van der Waals surface area contributed by atoms with Gasteiger partial charge in [0.15, 0.2) is 11.5 Å². The fourth-order valence-corrected chi connectivity index (χ4v) is 3.03. The van der Waals surface area contributed by atoms with Gasteiger partial charge in [0, 0.05) is 18.0 Å². The third kappa shape index (κ3) is 4.14. The molecule has 1 unspecified atom stereocenters. The van der Waals surface area contributed by atoms with Crippen molar-refractivity contribution in [3.05, 3.63) is 72.6 Å². The number of phenolic OH excluding ortho intramolecular Hbond substituents is 1. The van der Waals surface area contributed by atoms with Gasteiger partial charge in [-0.05, 0) is 35.7 Å². The number of anilines is 1. The summed E-state index contributed by atoms with van der Waals surface area (Å²) < 4.78 is 5.21. The standard InChI is InChI=1S/C22H24N2O2/c1-3-7-20(16-8-5-4-6-9-16)24-19-12-18(14-23-15-19)17-10-11-21(25)22(13-17)26-2/h4-6,8-15,20,24-25H,3,7H2,1-2H3. The number of hydrogen-bond donors (Lipinski definition) is 2. The maximum Gasteiger partial charge on any atom is 0.161 e. The highest BCUT2D eigenvalue weighted by molar-refractivity contribution is 5.69. The Bertz CT molecular complexity index is 850. The predicted molar refractivity (Wildman–Crippen MR) is 106 cm³/mol. The van der Waals surface area contributed by atoms with Crippen LogP contribution >= 0.6 is 0 Å². The molecule has 1 aromatic heterocycles. The number of benzene rings is 2. The Labute approximate surface area is 154 Å². The Morgan fingerprint density at radius 1 is 1.04 bits per heavy atom. The molecule has 4 nitrogen and oxygen atoms in total. The van der Waals surface area contributed by atoms with Gasteiger partial charge in [-0.2, -0.15) is 0 Å². The van der Waals surface area contributed by atoms with Crippen LogP contribution in [0.3, 0.4) is 0 Å². The molecule has 134 valence electrons. The number of hydrogen-bond acceptors (Lipinski definition) is 4. The third-order valence-electron chi connectivity index (χ3n) is 4.37. The summed E-state index contributed by atoms with van der Waals surface area (Å²) in [6, 6.07) is 18.1.